The lowest BCUT2D eigenvalue weighted by Gasteiger charge is -2.33. The second kappa shape index (κ2) is 5.70. The zero-order chi connectivity index (χ0) is 13.2. The summed E-state index contributed by atoms with van der Waals surface area (Å²) in [4.78, 5) is 2.50. The molecule has 3 nitrogen and oxygen atoms in total. The monoisotopic (exact) mass is 280 g/mol. The van der Waals surface area contributed by atoms with Crippen LogP contribution < -0.4 is 10.1 Å². The first-order chi connectivity index (χ1) is 9.26. The molecule has 0 amide bonds. The quantitative estimate of drug-likeness (QED) is 0.921. The number of halogens is 1. The average Bonchev–Trinajstić information content (AvgIpc) is 2.87. The van der Waals surface area contributed by atoms with Gasteiger partial charge in [-0.05, 0) is 24.1 Å². The minimum absolute atomic E-state index is 0.613. The van der Waals surface area contributed by atoms with Gasteiger partial charge in [0.2, 0.25) is 0 Å². The van der Waals surface area contributed by atoms with Crippen LogP contribution in [0.5, 0.6) is 5.75 Å². The molecule has 1 fully saturated rings. The Kier molecular flexibility index (Phi) is 3.96. The molecule has 2 heterocycles. The Morgan fingerprint density at radius 3 is 3.21 bits per heavy atom. The van der Waals surface area contributed by atoms with Crippen molar-refractivity contribution in [1.82, 2.24) is 10.2 Å². The maximum atomic E-state index is 6.22. The van der Waals surface area contributed by atoms with Crippen molar-refractivity contribution in [2.75, 3.05) is 26.2 Å². The third-order valence-corrected chi connectivity index (χ3v) is 4.27. The number of hydrogen-bond donors (Lipinski definition) is 1. The van der Waals surface area contributed by atoms with E-state index in [1.807, 2.05) is 6.07 Å². The number of nitrogens with zero attached hydrogens (tertiary/aromatic N) is 1. The Morgan fingerprint density at radius 1 is 1.47 bits per heavy atom. The van der Waals surface area contributed by atoms with Crippen LogP contribution in [-0.2, 0) is 13.0 Å². The molecule has 0 spiro atoms. The summed E-state index contributed by atoms with van der Waals surface area (Å²) in [6.07, 6.45) is 2.17. The van der Waals surface area contributed by atoms with Crippen molar-refractivity contribution in [2.45, 2.75) is 32.4 Å². The number of benzene rings is 1. The minimum Gasteiger partial charge on any atom is -0.493 e. The molecule has 0 aliphatic carbocycles. The summed E-state index contributed by atoms with van der Waals surface area (Å²) in [6.45, 7) is 7.25. The predicted molar refractivity (Wildman–Crippen MR) is 78.0 cm³/mol. The van der Waals surface area contributed by atoms with E-state index in [4.69, 9.17) is 16.3 Å². The number of hydrogen-bond acceptors (Lipinski definition) is 3. The molecule has 2 aliphatic heterocycles. The standard InChI is InChI=1S/C15H21ClN2O/c1-2-14-10-18(5-4-17-14)9-12-8-13(16)7-11-3-6-19-15(11)12/h7-8,14,17H,2-6,9-10H2,1H3. The molecule has 2 aliphatic rings. The molecule has 0 aromatic heterocycles. The van der Waals surface area contributed by atoms with E-state index in [2.05, 4.69) is 23.2 Å². The van der Waals surface area contributed by atoms with Crippen LogP contribution in [0.1, 0.15) is 24.5 Å². The van der Waals surface area contributed by atoms with Gasteiger partial charge in [-0.1, -0.05) is 18.5 Å². The number of fused-ring (bicyclic) bond motifs is 1. The summed E-state index contributed by atoms with van der Waals surface area (Å²) < 4.78 is 5.78. The molecular formula is C15H21ClN2O. The molecule has 1 saturated heterocycles. The van der Waals surface area contributed by atoms with Gasteiger partial charge in [-0.15, -0.1) is 0 Å². The molecule has 4 heteroatoms. The number of piperazine rings is 1. The number of nitrogens with one attached hydrogen (secondary N) is 1. The van der Waals surface area contributed by atoms with Crippen LogP contribution in [0.15, 0.2) is 12.1 Å². The Labute approximate surface area is 119 Å². The molecule has 1 aromatic rings. The van der Waals surface area contributed by atoms with Gasteiger partial charge in [0, 0.05) is 49.2 Å². The summed E-state index contributed by atoms with van der Waals surface area (Å²) >= 11 is 6.22. The van der Waals surface area contributed by atoms with Crippen molar-refractivity contribution in [3.8, 4) is 5.75 Å². The molecule has 1 atom stereocenters. The molecule has 3 rings (SSSR count). The number of rotatable bonds is 3. The van der Waals surface area contributed by atoms with Crippen molar-refractivity contribution in [1.29, 1.82) is 0 Å². The van der Waals surface area contributed by atoms with E-state index in [0.29, 0.717) is 6.04 Å². The largest absolute Gasteiger partial charge is 0.493 e. The van der Waals surface area contributed by atoms with E-state index in [9.17, 15) is 0 Å². The fourth-order valence-electron chi connectivity index (χ4n) is 3.02. The normalized spacial score (nSPS) is 23.2. The van der Waals surface area contributed by atoms with E-state index in [-0.39, 0.29) is 0 Å². The Bertz CT molecular complexity index is 464. The molecule has 19 heavy (non-hydrogen) atoms. The van der Waals surface area contributed by atoms with Crippen LogP contribution in [0.2, 0.25) is 5.02 Å². The summed E-state index contributed by atoms with van der Waals surface area (Å²) in [5.41, 5.74) is 2.52. The third-order valence-electron chi connectivity index (χ3n) is 4.05. The highest BCUT2D eigenvalue weighted by Crippen LogP contribution is 2.33. The van der Waals surface area contributed by atoms with Crippen LogP contribution in [0.25, 0.3) is 0 Å². The van der Waals surface area contributed by atoms with Gasteiger partial charge in [0.15, 0.2) is 0 Å². The SMILES string of the molecule is CCC1CN(Cc2cc(Cl)cc3c2OCC3)CCN1. The van der Waals surface area contributed by atoms with Crippen LogP contribution >= 0.6 is 11.6 Å². The maximum Gasteiger partial charge on any atom is 0.127 e. The van der Waals surface area contributed by atoms with Gasteiger partial charge in [0.05, 0.1) is 6.61 Å². The Hall–Kier alpha value is -0.770. The summed E-state index contributed by atoms with van der Waals surface area (Å²) in [5.74, 6) is 1.08. The van der Waals surface area contributed by atoms with Crippen molar-refractivity contribution in [3.05, 3.63) is 28.3 Å². The van der Waals surface area contributed by atoms with Gasteiger partial charge < -0.3 is 10.1 Å². The summed E-state index contributed by atoms with van der Waals surface area (Å²) in [6, 6.07) is 4.72. The zero-order valence-corrected chi connectivity index (χ0v) is 12.2. The average molecular weight is 281 g/mol. The highest BCUT2D eigenvalue weighted by atomic mass is 35.5. The van der Waals surface area contributed by atoms with Crippen molar-refractivity contribution >= 4 is 11.6 Å². The minimum atomic E-state index is 0.613. The van der Waals surface area contributed by atoms with E-state index >= 15 is 0 Å². The predicted octanol–water partition coefficient (Wildman–Crippen LogP) is 2.46. The lowest BCUT2D eigenvalue weighted by atomic mass is 10.1. The molecule has 0 bridgehead atoms. The summed E-state index contributed by atoms with van der Waals surface area (Å²) in [7, 11) is 0. The van der Waals surface area contributed by atoms with Crippen LogP contribution in [-0.4, -0.2) is 37.2 Å². The van der Waals surface area contributed by atoms with Gasteiger partial charge in [-0.25, -0.2) is 0 Å². The fraction of sp³-hybridized carbons (Fsp3) is 0.600. The third kappa shape index (κ3) is 2.88. The van der Waals surface area contributed by atoms with Gasteiger partial charge in [-0.2, -0.15) is 0 Å². The highest BCUT2D eigenvalue weighted by Gasteiger charge is 2.22. The maximum absolute atomic E-state index is 6.22. The smallest absolute Gasteiger partial charge is 0.127 e. The second-order valence-electron chi connectivity index (χ2n) is 5.45. The zero-order valence-electron chi connectivity index (χ0n) is 11.4. The first-order valence-corrected chi connectivity index (χ1v) is 7.54. The lowest BCUT2D eigenvalue weighted by Crippen LogP contribution is -2.49. The van der Waals surface area contributed by atoms with Gasteiger partial charge >= 0.3 is 0 Å². The van der Waals surface area contributed by atoms with E-state index in [1.54, 1.807) is 0 Å². The van der Waals surface area contributed by atoms with Crippen LogP contribution in [0.3, 0.4) is 0 Å². The molecule has 104 valence electrons. The molecule has 1 aromatic carbocycles. The molecular weight excluding hydrogens is 260 g/mol. The first-order valence-electron chi connectivity index (χ1n) is 7.16. The second-order valence-corrected chi connectivity index (χ2v) is 5.88. The lowest BCUT2D eigenvalue weighted by molar-refractivity contribution is 0.188. The van der Waals surface area contributed by atoms with Crippen molar-refractivity contribution in [3.63, 3.8) is 0 Å². The van der Waals surface area contributed by atoms with Gasteiger partial charge in [0.25, 0.3) is 0 Å². The van der Waals surface area contributed by atoms with E-state index < -0.39 is 0 Å². The van der Waals surface area contributed by atoms with Gasteiger partial charge in [-0.3, -0.25) is 4.90 Å². The first kappa shape index (κ1) is 13.2. The summed E-state index contributed by atoms with van der Waals surface area (Å²) in [5, 5.41) is 4.38. The van der Waals surface area contributed by atoms with Gasteiger partial charge in [0.1, 0.15) is 5.75 Å². The van der Waals surface area contributed by atoms with Crippen molar-refractivity contribution < 1.29 is 4.74 Å². The molecule has 0 radical (unpaired) electrons. The number of ether oxygens (including phenoxy) is 1. The highest BCUT2D eigenvalue weighted by molar-refractivity contribution is 6.30. The van der Waals surface area contributed by atoms with Crippen LogP contribution in [0, 0.1) is 0 Å². The molecule has 1 unspecified atom stereocenters. The fourth-order valence-corrected chi connectivity index (χ4v) is 3.28. The topological polar surface area (TPSA) is 24.5 Å². The Morgan fingerprint density at radius 2 is 2.37 bits per heavy atom. The molecule has 1 N–H and O–H groups in total. The molecule has 0 saturated carbocycles. The van der Waals surface area contributed by atoms with Crippen LogP contribution in [0.4, 0.5) is 0 Å². The van der Waals surface area contributed by atoms with Crippen molar-refractivity contribution in [2.24, 2.45) is 0 Å². The van der Waals surface area contributed by atoms with E-state index in [1.165, 1.54) is 17.5 Å². The van der Waals surface area contributed by atoms with E-state index in [0.717, 1.165) is 50.0 Å². The Balaban J connectivity index is 1.76.